The summed E-state index contributed by atoms with van der Waals surface area (Å²) in [5, 5.41) is 0. The number of ether oxygens (including phenoxy) is 1. The van der Waals surface area contributed by atoms with Gasteiger partial charge in [0.15, 0.2) is 0 Å². The molecule has 2 aromatic rings. The quantitative estimate of drug-likeness (QED) is 0.891. The SMILES string of the molecule is CCc1cccc(Oc2ccc(CCN)c(Br)c2)c1. The van der Waals surface area contributed by atoms with Crippen LogP contribution in [0.15, 0.2) is 46.9 Å². The molecule has 19 heavy (non-hydrogen) atoms. The van der Waals surface area contributed by atoms with Gasteiger partial charge in [-0.3, -0.25) is 0 Å². The first kappa shape index (κ1) is 14.1. The zero-order valence-electron chi connectivity index (χ0n) is 11.0. The second-order valence-electron chi connectivity index (χ2n) is 4.39. The molecule has 0 amide bonds. The second kappa shape index (κ2) is 6.73. The Morgan fingerprint density at radius 3 is 2.58 bits per heavy atom. The van der Waals surface area contributed by atoms with Gasteiger partial charge in [-0.2, -0.15) is 0 Å². The lowest BCUT2D eigenvalue weighted by Gasteiger charge is -2.09. The average molecular weight is 320 g/mol. The molecule has 2 N–H and O–H groups in total. The van der Waals surface area contributed by atoms with E-state index < -0.39 is 0 Å². The van der Waals surface area contributed by atoms with E-state index in [-0.39, 0.29) is 0 Å². The monoisotopic (exact) mass is 319 g/mol. The van der Waals surface area contributed by atoms with Crippen LogP contribution in [-0.2, 0) is 12.8 Å². The molecule has 2 rings (SSSR count). The van der Waals surface area contributed by atoms with Crippen LogP contribution >= 0.6 is 15.9 Å². The molecule has 0 aromatic heterocycles. The van der Waals surface area contributed by atoms with Crippen molar-refractivity contribution >= 4 is 15.9 Å². The Bertz CT molecular complexity index is 554. The van der Waals surface area contributed by atoms with E-state index in [1.54, 1.807) is 0 Å². The van der Waals surface area contributed by atoms with Crippen LogP contribution in [-0.4, -0.2) is 6.54 Å². The van der Waals surface area contributed by atoms with Crippen molar-refractivity contribution in [3.63, 3.8) is 0 Å². The van der Waals surface area contributed by atoms with Gasteiger partial charge in [0, 0.05) is 4.47 Å². The highest BCUT2D eigenvalue weighted by molar-refractivity contribution is 9.10. The summed E-state index contributed by atoms with van der Waals surface area (Å²) >= 11 is 3.55. The third kappa shape index (κ3) is 3.82. The van der Waals surface area contributed by atoms with Gasteiger partial charge in [0.1, 0.15) is 11.5 Å². The van der Waals surface area contributed by atoms with Crippen LogP contribution in [0, 0.1) is 0 Å². The maximum absolute atomic E-state index is 5.87. The molecule has 0 heterocycles. The van der Waals surface area contributed by atoms with E-state index in [0.29, 0.717) is 6.54 Å². The molecule has 0 spiro atoms. The maximum atomic E-state index is 5.87. The van der Waals surface area contributed by atoms with Crippen molar-refractivity contribution in [1.82, 2.24) is 0 Å². The summed E-state index contributed by atoms with van der Waals surface area (Å²) in [5.74, 6) is 1.71. The third-order valence-electron chi connectivity index (χ3n) is 2.98. The van der Waals surface area contributed by atoms with Crippen LogP contribution in [0.2, 0.25) is 0 Å². The molecule has 0 atom stereocenters. The molecular formula is C16H18BrNO. The molecule has 2 aromatic carbocycles. The number of hydrogen-bond acceptors (Lipinski definition) is 2. The molecule has 0 bridgehead atoms. The summed E-state index contributed by atoms with van der Waals surface area (Å²) in [6.07, 6.45) is 1.88. The Hall–Kier alpha value is -1.32. The van der Waals surface area contributed by atoms with E-state index in [1.165, 1.54) is 11.1 Å². The minimum atomic E-state index is 0.650. The third-order valence-corrected chi connectivity index (χ3v) is 3.72. The van der Waals surface area contributed by atoms with Gasteiger partial charge in [-0.1, -0.05) is 41.1 Å². The molecule has 2 nitrogen and oxygen atoms in total. The van der Waals surface area contributed by atoms with E-state index in [0.717, 1.165) is 28.8 Å². The molecule has 0 aliphatic carbocycles. The van der Waals surface area contributed by atoms with Gasteiger partial charge in [0.25, 0.3) is 0 Å². The van der Waals surface area contributed by atoms with Gasteiger partial charge >= 0.3 is 0 Å². The summed E-state index contributed by atoms with van der Waals surface area (Å²) in [5.41, 5.74) is 8.05. The first-order chi connectivity index (χ1) is 9.22. The Morgan fingerprint density at radius 1 is 1.11 bits per heavy atom. The second-order valence-corrected chi connectivity index (χ2v) is 5.25. The molecule has 0 radical (unpaired) electrons. The van der Waals surface area contributed by atoms with Crippen molar-refractivity contribution in [2.75, 3.05) is 6.54 Å². The fourth-order valence-electron chi connectivity index (χ4n) is 1.91. The summed E-state index contributed by atoms with van der Waals surface area (Å²) < 4.78 is 6.92. The molecule has 0 fully saturated rings. The van der Waals surface area contributed by atoms with Crippen molar-refractivity contribution in [2.45, 2.75) is 19.8 Å². The van der Waals surface area contributed by atoms with E-state index in [4.69, 9.17) is 10.5 Å². The Morgan fingerprint density at radius 2 is 1.89 bits per heavy atom. The van der Waals surface area contributed by atoms with E-state index in [2.05, 4.69) is 41.1 Å². The largest absolute Gasteiger partial charge is 0.457 e. The van der Waals surface area contributed by atoms with Crippen molar-refractivity contribution < 1.29 is 4.74 Å². The topological polar surface area (TPSA) is 35.2 Å². The molecule has 3 heteroatoms. The highest BCUT2D eigenvalue weighted by Crippen LogP contribution is 2.27. The van der Waals surface area contributed by atoms with Crippen LogP contribution in [0.3, 0.4) is 0 Å². The summed E-state index contributed by atoms with van der Waals surface area (Å²) in [7, 11) is 0. The summed E-state index contributed by atoms with van der Waals surface area (Å²) in [4.78, 5) is 0. The highest BCUT2D eigenvalue weighted by Gasteiger charge is 2.03. The number of rotatable bonds is 5. The standard InChI is InChI=1S/C16H18BrNO/c1-2-12-4-3-5-14(10-12)19-15-7-6-13(8-9-18)16(17)11-15/h3-7,10-11H,2,8-9,18H2,1H3. The molecule has 0 aliphatic heterocycles. The molecule has 0 saturated heterocycles. The number of halogens is 1. The van der Waals surface area contributed by atoms with Gasteiger partial charge in [0.2, 0.25) is 0 Å². The average Bonchev–Trinajstić information content (AvgIpc) is 2.42. The maximum Gasteiger partial charge on any atom is 0.128 e. The number of benzene rings is 2. The molecule has 0 saturated carbocycles. The predicted molar refractivity (Wildman–Crippen MR) is 82.8 cm³/mol. The first-order valence-electron chi connectivity index (χ1n) is 6.48. The highest BCUT2D eigenvalue weighted by atomic mass is 79.9. The van der Waals surface area contributed by atoms with Crippen molar-refractivity contribution in [3.05, 3.63) is 58.1 Å². The fourth-order valence-corrected chi connectivity index (χ4v) is 2.47. The minimum Gasteiger partial charge on any atom is -0.457 e. The Balaban J connectivity index is 2.16. The smallest absolute Gasteiger partial charge is 0.128 e. The first-order valence-corrected chi connectivity index (χ1v) is 7.27. The van der Waals surface area contributed by atoms with Gasteiger partial charge in [-0.05, 0) is 54.8 Å². The summed E-state index contributed by atoms with van der Waals surface area (Å²) in [6.45, 7) is 2.79. The lowest BCUT2D eigenvalue weighted by atomic mass is 10.1. The zero-order valence-corrected chi connectivity index (χ0v) is 12.6. The van der Waals surface area contributed by atoms with Gasteiger partial charge in [0.05, 0.1) is 0 Å². The fraction of sp³-hybridized carbons (Fsp3) is 0.250. The summed E-state index contributed by atoms with van der Waals surface area (Å²) in [6, 6.07) is 14.2. The van der Waals surface area contributed by atoms with E-state index >= 15 is 0 Å². The molecule has 100 valence electrons. The lowest BCUT2D eigenvalue weighted by Crippen LogP contribution is -2.03. The van der Waals surface area contributed by atoms with Crippen LogP contribution < -0.4 is 10.5 Å². The van der Waals surface area contributed by atoms with Gasteiger partial charge < -0.3 is 10.5 Å². The van der Waals surface area contributed by atoms with E-state index in [1.807, 2.05) is 24.3 Å². The normalized spacial score (nSPS) is 10.5. The van der Waals surface area contributed by atoms with Crippen LogP contribution in [0.4, 0.5) is 0 Å². The molecule has 0 aliphatic rings. The van der Waals surface area contributed by atoms with Crippen LogP contribution in [0.25, 0.3) is 0 Å². The number of aryl methyl sites for hydroxylation is 1. The van der Waals surface area contributed by atoms with Crippen molar-refractivity contribution in [1.29, 1.82) is 0 Å². The van der Waals surface area contributed by atoms with Crippen LogP contribution in [0.1, 0.15) is 18.1 Å². The van der Waals surface area contributed by atoms with Crippen molar-refractivity contribution in [3.8, 4) is 11.5 Å². The number of nitrogens with two attached hydrogens (primary N) is 1. The number of hydrogen-bond donors (Lipinski definition) is 1. The Labute approximate surface area is 122 Å². The van der Waals surface area contributed by atoms with Gasteiger partial charge in [-0.15, -0.1) is 0 Å². The molecular weight excluding hydrogens is 302 g/mol. The van der Waals surface area contributed by atoms with Crippen LogP contribution in [0.5, 0.6) is 11.5 Å². The zero-order chi connectivity index (χ0) is 13.7. The predicted octanol–water partition coefficient (Wildman–Crippen LogP) is 4.31. The minimum absolute atomic E-state index is 0.650. The van der Waals surface area contributed by atoms with E-state index in [9.17, 15) is 0 Å². The Kier molecular flexibility index (Phi) is 5.00. The van der Waals surface area contributed by atoms with Gasteiger partial charge in [-0.25, -0.2) is 0 Å². The van der Waals surface area contributed by atoms with Crippen molar-refractivity contribution in [2.24, 2.45) is 5.73 Å². The molecule has 0 unspecified atom stereocenters. The lowest BCUT2D eigenvalue weighted by molar-refractivity contribution is 0.481.